The van der Waals surface area contributed by atoms with Crippen LogP contribution in [0.25, 0.3) is 0 Å². The van der Waals surface area contributed by atoms with E-state index in [0.29, 0.717) is 26.2 Å². The first-order valence-electron chi connectivity index (χ1n) is 5.67. The van der Waals surface area contributed by atoms with Crippen LogP contribution in [0.5, 0.6) is 0 Å². The second-order valence-electron chi connectivity index (χ2n) is 3.96. The predicted molar refractivity (Wildman–Crippen MR) is 66.6 cm³/mol. The van der Waals surface area contributed by atoms with Crippen LogP contribution in [-0.2, 0) is 10.0 Å². The number of benzene rings is 1. The summed E-state index contributed by atoms with van der Waals surface area (Å²) < 4.78 is 25.9. The van der Waals surface area contributed by atoms with Crippen molar-refractivity contribution in [3.8, 4) is 0 Å². The van der Waals surface area contributed by atoms with Gasteiger partial charge in [-0.2, -0.15) is 0 Å². The van der Waals surface area contributed by atoms with Crippen LogP contribution in [0.4, 0.5) is 4.79 Å². The van der Waals surface area contributed by atoms with Gasteiger partial charge in [0.15, 0.2) is 0 Å². The first-order chi connectivity index (χ1) is 8.59. The molecule has 0 bridgehead atoms. The molecule has 0 atom stereocenters. The SMILES string of the molecule is O=C(NS(=O)(=O)c1ccccc1)N1CCNCC1. The summed E-state index contributed by atoms with van der Waals surface area (Å²) in [5, 5.41) is 3.09. The van der Waals surface area contributed by atoms with Crippen molar-refractivity contribution in [1.82, 2.24) is 14.9 Å². The monoisotopic (exact) mass is 269 g/mol. The molecule has 1 aromatic rings. The molecule has 1 fully saturated rings. The quantitative estimate of drug-likeness (QED) is 0.791. The maximum Gasteiger partial charge on any atom is 0.331 e. The van der Waals surface area contributed by atoms with Crippen molar-refractivity contribution in [2.24, 2.45) is 0 Å². The minimum absolute atomic E-state index is 0.0912. The van der Waals surface area contributed by atoms with Gasteiger partial charge in [-0.1, -0.05) is 18.2 Å². The smallest absolute Gasteiger partial charge is 0.321 e. The van der Waals surface area contributed by atoms with Gasteiger partial charge in [-0.25, -0.2) is 17.9 Å². The minimum atomic E-state index is -3.77. The summed E-state index contributed by atoms with van der Waals surface area (Å²) in [6.45, 7) is 2.38. The molecular weight excluding hydrogens is 254 g/mol. The molecule has 0 radical (unpaired) electrons. The maximum atomic E-state index is 11.9. The third kappa shape index (κ3) is 2.99. The molecule has 1 heterocycles. The molecule has 1 aromatic carbocycles. The lowest BCUT2D eigenvalue weighted by atomic mass is 10.4. The Morgan fingerprint density at radius 2 is 1.78 bits per heavy atom. The van der Waals surface area contributed by atoms with E-state index >= 15 is 0 Å². The second kappa shape index (κ2) is 5.36. The predicted octanol–water partition coefficient (Wildman–Crippen LogP) is -0.00990. The van der Waals surface area contributed by atoms with E-state index in [-0.39, 0.29) is 4.90 Å². The third-order valence-electron chi connectivity index (χ3n) is 2.68. The highest BCUT2D eigenvalue weighted by molar-refractivity contribution is 7.90. The zero-order valence-electron chi connectivity index (χ0n) is 9.80. The molecule has 0 unspecified atom stereocenters. The first kappa shape index (κ1) is 12.8. The third-order valence-corrected chi connectivity index (χ3v) is 4.02. The molecule has 98 valence electrons. The number of sulfonamides is 1. The summed E-state index contributed by atoms with van der Waals surface area (Å²) in [6.07, 6.45) is 0. The van der Waals surface area contributed by atoms with Gasteiger partial charge in [-0.3, -0.25) is 0 Å². The molecule has 0 saturated carbocycles. The van der Waals surface area contributed by atoms with Crippen molar-refractivity contribution in [3.05, 3.63) is 30.3 Å². The van der Waals surface area contributed by atoms with E-state index in [2.05, 4.69) is 10.0 Å². The molecule has 0 spiro atoms. The fourth-order valence-corrected chi connectivity index (χ4v) is 2.70. The Hall–Kier alpha value is -1.60. The van der Waals surface area contributed by atoms with Crippen LogP contribution in [0.1, 0.15) is 0 Å². The summed E-state index contributed by atoms with van der Waals surface area (Å²) in [6, 6.07) is 7.28. The summed E-state index contributed by atoms with van der Waals surface area (Å²) in [4.78, 5) is 13.4. The Morgan fingerprint density at radius 1 is 1.17 bits per heavy atom. The molecule has 0 aliphatic carbocycles. The number of rotatable bonds is 2. The lowest BCUT2D eigenvalue weighted by Gasteiger charge is -2.27. The Balaban J connectivity index is 2.06. The number of nitrogens with zero attached hydrogens (tertiary/aromatic N) is 1. The highest BCUT2D eigenvalue weighted by atomic mass is 32.2. The zero-order chi connectivity index (χ0) is 13.0. The van der Waals surface area contributed by atoms with Crippen LogP contribution >= 0.6 is 0 Å². The number of carbonyl (C=O) groups excluding carboxylic acids is 1. The maximum absolute atomic E-state index is 11.9. The fourth-order valence-electron chi connectivity index (χ4n) is 1.71. The van der Waals surface area contributed by atoms with Crippen LogP contribution < -0.4 is 10.0 Å². The highest BCUT2D eigenvalue weighted by Gasteiger charge is 2.22. The molecule has 1 saturated heterocycles. The van der Waals surface area contributed by atoms with Crippen molar-refractivity contribution < 1.29 is 13.2 Å². The standard InChI is InChI=1S/C11H15N3O3S/c15-11(14-8-6-12-7-9-14)13-18(16,17)10-4-2-1-3-5-10/h1-5,12H,6-9H2,(H,13,15). The summed E-state index contributed by atoms with van der Waals surface area (Å²) >= 11 is 0. The number of hydrogen-bond acceptors (Lipinski definition) is 4. The Bertz CT molecular complexity index is 510. The molecular formula is C11H15N3O3S. The van der Waals surface area contributed by atoms with E-state index in [9.17, 15) is 13.2 Å². The number of nitrogens with one attached hydrogen (secondary N) is 2. The number of piperazine rings is 1. The van der Waals surface area contributed by atoms with Crippen LogP contribution in [0, 0.1) is 0 Å². The Labute approximate surface area is 106 Å². The van der Waals surface area contributed by atoms with Gasteiger partial charge in [-0.05, 0) is 12.1 Å². The zero-order valence-corrected chi connectivity index (χ0v) is 10.6. The highest BCUT2D eigenvalue weighted by Crippen LogP contribution is 2.07. The molecule has 1 aliphatic heterocycles. The van der Waals surface area contributed by atoms with E-state index in [0.717, 1.165) is 0 Å². The molecule has 6 nitrogen and oxygen atoms in total. The van der Waals surface area contributed by atoms with Crippen LogP contribution in [0.2, 0.25) is 0 Å². The van der Waals surface area contributed by atoms with E-state index in [4.69, 9.17) is 0 Å². The van der Waals surface area contributed by atoms with Gasteiger partial charge >= 0.3 is 6.03 Å². The number of urea groups is 1. The van der Waals surface area contributed by atoms with Crippen LogP contribution in [-0.4, -0.2) is 45.5 Å². The fraction of sp³-hybridized carbons (Fsp3) is 0.364. The average molecular weight is 269 g/mol. The average Bonchev–Trinajstić information content (AvgIpc) is 2.40. The van der Waals surface area contributed by atoms with Crippen molar-refractivity contribution in [2.45, 2.75) is 4.90 Å². The molecule has 18 heavy (non-hydrogen) atoms. The van der Waals surface area contributed by atoms with Gasteiger partial charge in [-0.15, -0.1) is 0 Å². The van der Waals surface area contributed by atoms with Gasteiger partial charge in [0.25, 0.3) is 10.0 Å². The van der Waals surface area contributed by atoms with Gasteiger partial charge in [0.05, 0.1) is 4.90 Å². The van der Waals surface area contributed by atoms with Gasteiger partial charge < -0.3 is 10.2 Å². The van der Waals surface area contributed by atoms with Crippen molar-refractivity contribution in [2.75, 3.05) is 26.2 Å². The topological polar surface area (TPSA) is 78.5 Å². The normalized spacial score (nSPS) is 16.3. The van der Waals surface area contributed by atoms with Crippen LogP contribution in [0.3, 0.4) is 0 Å². The van der Waals surface area contributed by atoms with Crippen molar-refractivity contribution >= 4 is 16.1 Å². The summed E-state index contributed by atoms with van der Waals surface area (Å²) in [5.74, 6) is 0. The van der Waals surface area contributed by atoms with Gasteiger partial charge in [0, 0.05) is 26.2 Å². The lowest BCUT2D eigenvalue weighted by molar-refractivity contribution is 0.196. The van der Waals surface area contributed by atoms with Gasteiger partial charge in [0.2, 0.25) is 0 Å². The second-order valence-corrected chi connectivity index (χ2v) is 5.64. The van der Waals surface area contributed by atoms with E-state index in [1.54, 1.807) is 18.2 Å². The van der Waals surface area contributed by atoms with Crippen LogP contribution in [0.15, 0.2) is 35.2 Å². The van der Waals surface area contributed by atoms with E-state index < -0.39 is 16.1 Å². The molecule has 2 amide bonds. The van der Waals surface area contributed by atoms with E-state index in [1.807, 2.05) is 0 Å². The lowest BCUT2D eigenvalue weighted by Crippen LogP contribution is -2.51. The van der Waals surface area contributed by atoms with Gasteiger partial charge in [0.1, 0.15) is 0 Å². The summed E-state index contributed by atoms with van der Waals surface area (Å²) in [7, 11) is -3.77. The van der Waals surface area contributed by atoms with E-state index in [1.165, 1.54) is 17.0 Å². The number of amides is 2. The molecule has 2 rings (SSSR count). The Kier molecular flexibility index (Phi) is 3.83. The first-order valence-corrected chi connectivity index (χ1v) is 7.15. The minimum Gasteiger partial charge on any atom is -0.321 e. The number of carbonyl (C=O) groups is 1. The Morgan fingerprint density at radius 3 is 2.39 bits per heavy atom. The molecule has 2 N–H and O–H groups in total. The largest absolute Gasteiger partial charge is 0.331 e. The molecule has 7 heteroatoms. The molecule has 0 aromatic heterocycles. The molecule has 1 aliphatic rings. The van der Waals surface area contributed by atoms with Crippen molar-refractivity contribution in [3.63, 3.8) is 0 Å². The summed E-state index contributed by atoms with van der Waals surface area (Å²) in [5.41, 5.74) is 0. The van der Waals surface area contributed by atoms with Crippen molar-refractivity contribution in [1.29, 1.82) is 0 Å². The number of hydrogen-bond donors (Lipinski definition) is 2.